The van der Waals surface area contributed by atoms with E-state index in [2.05, 4.69) is 52.2 Å². The normalized spacial score (nSPS) is 33.3. The predicted molar refractivity (Wildman–Crippen MR) is 167 cm³/mol. The Kier molecular flexibility index (Phi) is 7.34. The van der Waals surface area contributed by atoms with Crippen LogP contribution in [0.4, 0.5) is 0 Å². The zero-order chi connectivity index (χ0) is 32.9. The molecule has 1 saturated heterocycles. The zero-order valence-electron chi connectivity index (χ0n) is 27.9. The zero-order valence-corrected chi connectivity index (χ0v) is 28.9. The molecular formula is C34H47NO9Si. The van der Waals surface area contributed by atoms with Gasteiger partial charge in [-0.15, -0.1) is 0 Å². The first kappa shape index (κ1) is 32.1. The van der Waals surface area contributed by atoms with Gasteiger partial charge in [-0.05, 0) is 80.3 Å². The number of carbonyl (C=O) groups excluding carboxylic acids is 3. The minimum absolute atomic E-state index is 0.0316. The number of esters is 2. The second-order valence-electron chi connectivity index (χ2n) is 15.7. The summed E-state index contributed by atoms with van der Waals surface area (Å²) in [6.45, 7) is 17.9. The van der Waals surface area contributed by atoms with E-state index in [1.807, 2.05) is 6.07 Å². The van der Waals surface area contributed by atoms with Crippen LogP contribution in [0.2, 0.25) is 18.1 Å². The Morgan fingerprint density at radius 3 is 2.58 bits per heavy atom. The van der Waals surface area contributed by atoms with Gasteiger partial charge in [-0.1, -0.05) is 33.8 Å². The Morgan fingerprint density at radius 1 is 1.22 bits per heavy atom. The van der Waals surface area contributed by atoms with E-state index in [1.165, 1.54) is 6.92 Å². The fraction of sp³-hybridized carbons (Fsp3) is 0.676. The average molecular weight is 642 g/mol. The Bertz CT molecular complexity index is 1480. The van der Waals surface area contributed by atoms with Crippen molar-refractivity contribution in [2.24, 2.45) is 11.8 Å². The summed E-state index contributed by atoms with van der Waals surface area (Å²) in [5.74, 6) is -0.924. The van der Waals surface area contributed by atoms with E-state index >= 15 is 0 Å². The standard InChI is InChI=1S/C34H47NO9Si/c1-18-12-14-33-26-20-10-11-22(44-45(8,9)31(3,4)5)27(26)41-28(33)23(13-15-34(33,39)21(18)16-20)40-29(37)19(2)35-25(36)17-24-30(38)43-32(6,7)42-24/h10-11,13,18-19,21,24,28,39H,12,14-17H2,1-9H3,(H,35,36)/t18?,19-,21-,24-,28-,33-,34+/m0/s1. The molecule has 1 amide bonds. The third-order valence-corrected chi connectivity index (χ3v) is 15.6. The Morgan fingerprint density at radius 2 is 1.93 bits per heavy atom. The summed E-state index contributed by atoms with van der Waals surface area (Å²) in [6.07, 6.45) is 2.42. The lowest BCUT2D eigenvalue weighted by Gasteiger charge is -2.61. The number of aliphatic hydroxyl groups is 1. The van der Waals surface area contributed by atoms with E-state index in [9.17, 15) is 19.5 Å². The van der Waals surface area contributed by atoms with Crippen LogP contribution in [0.1, 0.15) is 85.3 Å². The van der Waals surface area contributed by atoms with Crippen molar-refractivity contribution in [1.82, 2.24) is 5.32 Å². The van der Waals surface area contributed by atoms with Crippen LogP contribution >= 0.6 is 0 Å². The maximum Gasteiger partial charge on any atom is 0.338 e. The molecule has 2 aliphatic heterocycles. The largest absolute Gasteiger partial charge is 0.541 e. The van der Waals surface area contributed by atoms with Gasteiger partial charge < -0.3 is 33.8 Å². The summed E-state index contributed by atoms with van der Waals surface area (Å²) in [7, 11) is -2.24. The fourth-order valence-corrected chi connectivity index (χ4v) is 8.91. The van der Waals surface area contributed by atoms with Gasteiger partial charge >= 0.3 is 11.9 Å². The smallest absolute Gasteiger partial charge is 0.338 e. The molecule has 5 aliphatic rings. The van der Waals surface area contributed by atoms with Crippen LogP contribution in [0.3, 0.4) is 0 Å². The molecule has 1 saturated carbocycles. The SMILES string of the molecule is CC1CC[C@]23c4c5ccc(O[Si](C)(C)C(C)(C)C)c4O[C@H]2C(OC(=O)[C@H](C)NC(=O)C[C@@H]2OC(C)(C)OC2=O)=CC[C@@]3(O)[C@H]1C5. The highest BCUT2D eigenvalue weighted by Crippen LogP contribution is 2.68. The molecule has 2 heterocycles. The van der Waals surface area contributed by atoms with Gasteiger partial charge in [0, 0.05) is 19.4 Å². The molecule has 1 unspecified atom stereocenters. The second kappa shape index (κ2) is 10.3. The van der Waals surface area contributed by atoms with Crippen LogP contribution in [0.5, 0.6) is 11.5 Å². The van der Waals surface area contributed by atoms with Crippen molar-refractivity contribution in [3.05, 3.63) is 35.1 Å². The summed E-state index contributed by atoms with van der Waals surface area (Å²) in [6, 6.07) is 3.13. The van der Waals surface area contributed by atoms with Gasteiger partial charge in [0.05, 0.1) is 17.4 Å². The summed E-state index contributed by atoms with van der Waals surface area (Å²) >= 11 is 0. The second-order valence-corrected chi connectivity index (χ2v) is 20.4. The molecule has 1 aromatic carbocycles. The van der Waals surface area contributed by atoms with Gasteiger partial charge in [-0.2, -0.15) is 0 Å². The number of rotatable bonds is 7. The van der Waals surface area contributed by atoms with Crippen molar-refractivity contribution < 1.29 is 42.9 Å². The lowest BCUT2D eigenvalue weighted by atomic mass is 9.45. The molecule has 6 rings (SSSR count). The first-order valence-corrected chi connectivity index (χ1v) is 19.1. The van der Waals surface area contributed by atoms with Crippen LogP contribution in [0.15, 0.2) is 24.0 Å². The van der Waals surface area contributed by atoms with Gasteiger partial charge in [0.15, 0.2) is 18.0 Å². The van der Waals surface area contributed by atoms with Crippen molar-refractivity contribution in [2.75, 3.05) is 0 Å². The molecule has 0 radical (unpaired) electrons. The molecule has 3 aliphatic carbocycles. The minimum Gasteiger partial charge on any atom is -0.541 e. The van der Waals surface area contributed by atoms with Gasteiger partial charge in [-0.3, -0.25) is 4.79 Å². The van der Waals surface area contributed by atoms with Gasteiger partial charge in [0.25, 0.3) is 8.32 Å². The quantitative estimate of drug-likeness (QED) is 0.318. The average Bonchev–Trinajstić information content (AvgIpc) is 3.40. The highest BCUT2D eigenvalue weighted by Gasteiger charge is 2.72. The number of cyclic esters (lactones) is 1. The molecule has 1 aromatic rings. The van der Waals surface area contributed by atoms with Gasteiger partial charge in [-0.25, -0.2) is 9.59 Å². The van der Waals surface area contributed by atoms with Gasteiger partial charge in [0.1, 0.15) is 17.6 Å². The van der Waals surface area contributed by atoms with E-state index in [-0.39, 0.29) is 17.4 Å². The van der Waals surface area contributed by atoms with E-state index in [0.717, 1.165) is 24.0 Å². The molecular weight excluding hydrogens is 594 g/mol. The van der Waals surface area contributed by atoms with Crippen LogP contribution in [-0.4, -0.2) is 60.9 Å². The molecule has 2 fully saturated rings. The van der Waals surface area contributed by atoms with Crippen molar-refractivity contribution in [3.63, 3.8) is 0 Å². The van der Waals surface area contributed by atoms with E-state index in [0.29, 0.717) is 36.0 Å². The van der Waals surface area contributed by atoms with Crippen LogP contribution < -0.4 is 14.5 Å². The van der Waals surface area contributed by atoms with Crippen molar-refractivity contribution in [2.45, 2.75) is 134 Å². The third-order valence-electron chi connectivity index (χ3n) is 11.2. The summed E-state index contributed by atoms with van der Waals surface area (Å²) in [4.78, 5) is 38.2. The monoisotopic (exact) mass is 641 g/mol. The highest BCUT2D eigenvalue weighted by molar-refractivity contribution is 6.74. The summed E-state index contributed by atoms with van der Waals surface area (Å²) in [5, 5.41) is 15.2. The molecule has 11 heteroatoms. The number of nitrogens with one attached hydrogen (secondary N) is 1. The molecule has 2 N–H and O–H groups in total. The number of ether oxygens (including phenoxy) is 4. The molecule has 0 aromatic heterocycles. The van der Waals surface area contributed by atoms with E-state index in [4.69, 9.17) is 23.4 Å². The maximum atomic E-state index is 13.4. The topological polar surface area (TPSA) is 130 Å². The molecule has 7 atom stereocenters. The summed E-state index contributed by atoms with van der Waals surface area (Å²) < 4.78 is 30.2. The highest BCUT2D eigenvalue weighted by atomic mass is 28.4. The molecule has 246 valence electrons. The fourth-order valence-electron chi connectivity index (χ4n) is 7.89. The van der Waals surface area contributed by atoms with Crippen molar-refractivity contribution in [3.8, 4) is 11.5 Å². The number of benzene rings is 1. The lowest BCUT2D eigenvalue weighted by molar-refractivity contribution is -0.171. The van der Waals surface area contributed by atoms with E-state index < -0.39 is 61.2 Å². The van der Waals surface area contributed by atoms with Crippen LogP contribution in [-0.2, 0) is 40.4 Å². The van der Waals surface area contributed by atoms with Crippen molar-refractivity contribution >= 4 is 26.2 Å². The Hall–Kier alpha value is -2.89. The lowest BCUT2D eigenvalue weighted by Crippen LogP contribution is -2.69. The first-order valence-electron chi connectivity index (χ1n) is 16.2. The number of amides is 1. The third kappa shape index (κ3) is 4.91. The van der Waals surface area contributed by atoms with Crippen LogP contribution in [0, 0.1) is 11.8 Å². The van der Waals surface area contributed by atoms with Gasteiger partial charge in [0.2, 0.25) is 11.7 Å². The minimum atomic E-state index is -2.24. The first-order chi connectivity index (χ1) is 20.8. The Balaban J connectivity index is 1.27. The molecule has 1 spiro atoms. The Labute approximate surface area is 266 Å². The number of carbonyl (C=O) groups is 3. The number of hydrogen-bond acceptors (Lipinski definition) is 9. The molecule has 2 bridgehead atoms. The number of hydrogen-bond donors (Lipinski definition) is 2. The predicted octanol–water partition coefficient (Wildman–Crippen LogP) is 4.81. The molecule has 10 nitrogen and oxygen atoms in total. The molecule has 45 heavy (non-hydrogen) atoms. The van der Waals surface area contributed by atoms with Crippen molar-refractivity contribution in [1.29, 1.82) is 0 Å². The van der Waals surface area contributed by atoms with Crippen LogP contribution in [0.25, 0.3) is 0 Å². The maximum absolute atomic E-state index is 13.4. The van der Waals surface area contributed by atoms with E-state index in [1.54, 1.807) is 19.9 Å². The summed E-state index contributed by atoms with van der Waals surface area (Å²) in [5.41, 5.74) is 0.288.